The molecule has 148 valence electrons. The molecule has 2 fully saturated rings. The van der Waals surface area contributed by atoms with E-state index < -0.39 is 12.1 Å². The van der Waals surface area contributed by atoms with Crippen LogP contribution in [0, 0.1) is 23.7 Å². The minimum Gasteiger partial charge on any atom is -0.382 e. The van der Waals surface area contributed by atoms with Crippen molar-refractivity contribution in [2.45, 2.75) is 96.6 Å². The smallest absolute Gasteiger partial charge is 0.382 e. The van der Waals surface area contributed by atoms with Gasteiger partial charge in [-0.05, 0) is 50.4 Å². The molecule has 0 amide bonds. The van der Waals surface area contributed by atoms with Crippen molar-refractivity contribution in [1.29, 1.82) is 0 Å². The van der Waals surface area contributed by atoms with E-state index in [1.54, 1.807) is 0 Å². The second-order valence-electron chi connectivity index (χ2n) is 8.33. The van der Waals surface area contributed by atoms with Gasteiger partial charge in [-0.1, -0.05) is 57.8 Å². The Labute approximate surface area is 152 Å². The average Bonchev–Trinajstić information content (AvgIpc) is 2.61. The van der Waals surface area contributed by atoms with Crippen molar-refractivity contribution in [3.63, 3.8) is 0 Å². The molecular weight excluding hydrogens is 325 g/mol. The summed E-state index contributed by atoms with van der Waals surface area (Å²) >= 11 is 0. The lowest BCUT2D eigenvalue weighted by molar-refractivity contribution is -0.181. The van der Waals surface area contributed by atoms with Gasteiger partial charge in [0.25, 0.3) is 0 Å². The van der Waals surface area contributed by atoms with Gasteiger partial charge in [0.1, 0.15) is 0 Å². The fourth-order valence-corrected chi connectivity index (χ4v) is 5.05. The third-order valence-electron chi connectivity index (χ3n) is 6.65. The molecule has 0 aromatic rings. The van der Waals surface area contributed by atoms with Crippen molar-refractivity contribution in [2.75, 3.05) is 13.2 Å². The van der Waals surface area contributed by atoms with Crippen LogP contribution in [0.5, 0.6) is 0 Å². The summed E-state index contributed by atoms with van der Waals surface area (Å²) in [6, 6.07) is 0. The quantitative estimate of drug-likeness (QED) is 0.396. The molecule has 0 aromatic carbocycles. The van der Waals surface area contributed by atoms with Crippen LogP contribution in [0.2, 0.25) is 0 Å². The van der Waals surface area contributed by atoms with Crippen LogP contribution >= 0.6 is 0 Å². The Hall–Kier alpha value is -0.250. The number of hydrogen-bond donors (Lipinski definition) is 0. The topological polar surface area (TPSA) is 9.23 Å². The molecule has 1 unspecified atom stereocenters. The van der Waals surface area contributed by atoms with Gasteiger partial charge < -0.3 is 4.74 Å². The number of rotatable bonds is 9. The summed E-state index contributed by atoms with van der Waals surface area (Å²) in [5, 5.41) is 0. The molecule has 2 aliphatic carbocycles. The zero-order chi connectivity index (χ0) is 18.1. The Morgan fingerprint density at radius 1 is 0.880 bits per heavy atom. The maximum atomic E-state index is 13.1. The molecule has 0 heterocycles. The van der Waals surface area contributed by atoms with Crippen molar-refractivity contribution in [2.24, 2.45) is 23.7 Å². The van der Waals surface area contributed by atoms with Crippen LogP contribution in [0.15, 0.2) is 0 Å². The third-order valence-corrected chi connectivity index (χ3v) is 6.65. The van der Waals surface area contributed by atoms with E-state index in [0.717, 1.165) is 24.7 Å². The third kappa shape index (κ3) is 7.48. The summed E-state index contributed by atoms with van der Waals surface area (Å²) in [5.74, 6) is 1.34. The SMILES string of the molecule is CCOCCC(CCC[C@H]1CC[C@H](C2CCCCC2)CC1)C(F)(F)F. The van der Waals surface area contributed by atoms with Gasteiger partial charge in [-0.3, -0.25) is 0 Å². The predicted octanol–water partition coefficient (Wildman–Crippen LogP) is 7.15. The minimum absolute atomic E-state index is 0.117. The van der Waals surface area contributed by atoms with Crippen molar-refractivity contribution in [3.8, 4) is 0 Å². The molecular formula is C21H37F3O. The first-order valence-corrected chi connectivity index (χ1v) is 10.6. The van der Waals surface area contributed by atoms with Crippen LogP contribution in [0.3, 0.4) is 0 Å². The highest BCUT2D eigenvalue weighted by molar-refractivity contribution is 4.80. The lowest BCUT2D eigenvalue weighted by Crippen LogP contribution is -2.25. The molecule has 2 aliphatic rings. The van der Waals surface area contributed by atoms with Crippen molar-refractivity contribution in [3.05, 3.63) is 0 Å². The lowest BCUT2D eigenvalue weighted by Gasteiger charge is -2.36. The predicted molar refractivity (Wildman–Crippen MR) is 96.5 cm³/mol. The number of alkyl halides is 3. The summed E-state index contributed by atoms with van der Waals surface area (Å²) in [4.78, 5) is 0. The van der Waals surface area contributed by atoms with Gasteiger partial charge >= 0.3 is 6.18 Å². The highest BCUT2D eigenvalue weighted by Gasteiger charge is 2.38. The Balaban J connectivity index is 1.63. The zero-order valence-corrected chi connectivity index (χ0v) is 16.0. The van der Waals surface area contributed by atoms with Crippen molar-refractivity contribution < 1.29 is 17.9 Å². The van der Waals surface area contributed by atoms with Crippen LogP contribution in [-0.2, 0) is 4.74 Å². The molecule has 1 atom stereocenters. The fourth-order valence-electron chi connectivity index (χ4n) is 5.05. The zero-order valence-electron chi connectivity index (χ0n) is 16.0. The second-order valence-corrected chi connectivity index (χ2v) is 8.33. The molecule has 0 radical (unpaired) electrons. The standard InChI is InChI=1S/C21H37F3O/c1-2-25-16-15-20(21(22,23)24)10-6-7-17-11-13-19(14-12-17)18-8-4-3-5-9-18/h17-20H,2-16H2,1H3/t17-,19-,20?. The van der Waals surface area contributed by atoms with E-state index in [9.17, 15) is 13.2 Å². The summed E-state index contributed by atoms with van der Waals surface area (Å²) in [6.45, 7) is 2.55. The first-order chi connectivity index (χ1) is 12.0. The van der Waals surface area contributed by atoms with Gasteiger partial charge in [-0.25, -0.2) is 0 Å². The molecule has 0 N–H and O–H groups in total. The number of ether oxygens (including phenoxy) is 1. The maximum absolute atomic E-state index is 13.1. The van der Waals surface area contributed by atoms with Crippen LogP contribution in [0.4, 0.5) is 13.2 Å². The Morgan fingerprint density at radius 3 is 2.12 bits per heavy atom. The minimum atomic E-state index is -4.07. The molecule has 0 aromatic heterocycles. The Morgan fingerprint density at radius 2 is 1.52 bits per heavy atom. The average molecular weight is 363 g/mol. The van der Waals surface area contributed by atoms with Gasteiger partial charge in [0, 0.05) is 13.2 Å². The summed E-state index contributed by atoms with van der Waals surface area (Å²) in [6.07, 6.45) is 10.2. The van der Waals surface area contributed by atoms with E-state index in [-0.39, 0.29) is 19.4 Å². The van der Waals surface area contributed by atoms with E-state index in [1.807, 2.05) is 6.92 Å². The van der Waals surface area contributed by atoms with Gasteiger partial charge in [-0.2, -0.15) is 13.2 Å². The Kier molecular flexibility index (Phi) is 9.09. The highest BCUT2D eigenvalue weighted by atomic mass is 19.4. The second kappa shape index (κ2) is 10.8. The van der Waals surface area contributed by atoms with Gasteiger partial charge in [0.2, 0.25) is 0 Å². The van der Waals surface area contributed by atoms with Gasteiger partial charge in [-0.15, -0.1) is 0 Å². The number of halogens is 3. The number of hydrogen-bond acceptors (Lipinski definition) is 1. The van der Waals surface area contributed by atoms with Crippen molar-refractivity contribution >= 4 is 0 Å². The van der Waals surface area contributed by atoms with Crippen LogP contribution < -0.4 is 0 Å². The lowest BCUT2D eigenvalue weighted by atomic mass is 9.70. The molecule has 0 aliphatic heterocycles. The first kappa shape index (κ1) is 21.1. The van der Waals surface area contributed by atoms with Gasteiger partial charge in [0.05, 0.1) is 5.92 Å². The van der Waals surface area contributed by atoms with Crippen LogP contribution in [0.25, 0.3) is 0 Å². The van der Waals surface area contributed by atoms with E-state index in [0.29, 0.717) is 12.5 Å². The fraction of sp³-hybridized carbons (Fsp3) is 1.00. The molecule has 2 rings (SSSR count). The van der Waals surface area contributed by atoms with Crippen molar-refractivity contribution in [1.82, 2.24) is 0 Å². The van der Waals surface area contributed by atoms with E-state index in [2.05, 4.69) is 0 Å². The van der Waals surface area contributed by atoms with Gasteiger partial charge in [0.15, 0.2) is 0 Å². The first-order valence-electron chi connectivity index (χ1n) is 10.6. The molecule has 25 heavy (non-hydrogen) atoms. The summed E-state index contributed by atoms with van der Waals surface area (Å²) in [7, 11) is 0. The molecule has 1 nitrogen and oxygen atoms in total. The van der Waals surface area contributed by atoms with E-state index in [1.165, 1.54) is 57.8 Å². The summed E-state index contributed by atoms with van der Waals surface area (Å²) < 4.78 is 44.5. The molecule has 0 spiro atoms. The monoisotopic (exact) mass is 362 g/mol. The molecule has 0 bridgehead atoms. The van der Waals surface area contributed by atoms with E-state index in [4.69, 9.17) is 4.74 Å². The molecule has 2 saturated carbocycles. The highest BCUT2D eigenvalue weighted by Crippen LogP contribution is 2.41. The molecule has 4 heteroatoms. The normalized spacial score (nSPS) is 27.4. The van der Waals surface area contributed by atoms with E-state index >= 15 is 0 Å². The Bertz CT molecular complexity index is 342. The largest absolute Gasteiger partial charge is 0.391 e. The van der Waals surface area contributed by atoms with Crippen LogP contribution in [0.1, 0.15) is 90.4 Å². The van der Waals surface area contributed by atoms with Crippen LogP contribution in [-0.4, -0.2) is 19.4 Å². The molecule has 0 saturated heterocycles. The maximum Gasteiger partial charge on any atom is 0.391 e. The summed E-state index contributed by atoms with van der Waals surface area (Å²) in [5.41, 5.74) is 0.